The molecular weight excluding hydrogens is 414 g/mol. The molecule has 8 heteroatoms. The number of sulfonamides is 1. The molecule has 1 amide bonds. The van der Waals surface area contributed by atoms with E-state index in [9.17, 15) is 18.0 Å². The highest BCUT2D eigenvalue weighted by Crippen LogP contribution is 2.27. The predicted molar refractivity (Wildman–Crippen MR) is 123 cm³/mol. The molecule has 2 atom stereocenters. The number of benzene rings is 1. The minimum absolute atomic E-state index is 0.0218. The van der Waals surface area contributed by atoms with Crippen LogP contribution < -0.4 is 10.7 Å². The van der Waals surface area contributed by atoms with Crippen LogP contribution in [0.4, 0.5) is 0 Å². The zero-order valence-electron chi connectivity index (χ0n) is 19.0. The van der Waals surface area contributed by atoms with E-state index in [-0.39, 0.29) is 27.7 Å². The van der Waals surface area contributed by atoms with Crippen LogP contribution in [0.2, 0.25) is 0 Å². The number of aromatic nitrogens is 1. The Labute approximate surface area is 184 Å². The van der Waals surface area contributed by atoms with Crippen molar-refractivity contribution in [3.8, 4) is 0 Å². The maximum Gasteiger partial charge on any atom is 0.256 e. The molecule has 0 radical (unpaired) electrons. The first-order valence-corrected chi connectivity index (χ1v) is 12.4. The molecule has 1 aliphatic heterocycles. The quantitative estimate of drug-likeness (QED) is 0.737. The Balaban J connectivity index is 2.00. The molecule has 0 aliphatic carbocycles. The molecule has 0 bridgehead atoms. The summed E-state index contributed by atoms with van der Waals surface area (Å²) < 4.78 is 29.8. The fraction of sp³-hybridized carbons (Fsp3) is 0.565. The average molecular weight is 448 g/mol. The second kappa shape index (κ2) is 9.12. The third-order valence-corrected chi connectivity index (χ3v) is 7.71. The summed E-state index contributed by atoms with van der Waals surface area (Å²) in [4.78, 5) is 25.8. The van der Waals surface area contributed by atoms with Crippen molar-refractivity contribution in [1.29, 1.82) is 0 Å². The second-order valence-corrected chi connectivity index (χ2v) is 11.3. The maximum atomic E-state index is 13.3. The van der Waals surface area contributed by atoms with Gasteiger partial charge in [0.05, 0.1) is 10.4 Å². The molecule has 1 N–H and O–H groups in total. The lowest BCUT2D eigenvalue weighted by Crippen LogP contribution is -2.42. The first-order valence-electron chi connectivity index (χ1n) is 10.9. The number of carbonyl (C=O) groups is 1. The van der Waals surface area contributed by atoms with E-state index in [0.717, 1.165) is 12.8 Å². The third-order valence-electron chi connectivity index (χ3n) is 5.89. The zero-order valence-corrected chi connectivity index (χ0v) is 19.8. The Hall–Kier alpha value is -2.19. The third kappa shape index (κ3) is 5.01. The van der Waals surface area contributed by atoms with Crippen LogP contribution in [0.15, 0.2) is 34.1 Å². The molecule has 31 heavy (non-hydrogen) atoms. The van der Waals surface area contributed by atoms with Gasteiger partial charge in [0.25, 0.3) is 5.91 Å². The number of rotatable bonds is 6. The first kappa shape index (κ1) is 23.5. The van der Waals surface area contributed by atoms with Gasteiger partial charge in [-0.25, -0.2) is 8.42 Å². The van der Waals surface area contributed by atoms with Crippen molar-refractivity contribution in [2.75, 3.05) is 19.6 Å². The summed E-state index contributed by atoms with van der Waals surface area (Å²) in [5.41, 5.74) is 0.157. The average Bonchev–Trinajstić information content (AvgIpc) is 2.69. The van der Waals surface area contributed by atoms with Crippen molar-refractivity contribution in [2.24, 2.45) is 24.8 Å². The number of carbonyl (C=O) groups excluding carboxylic acids is 1. The number of pyridine rings is 1. The van der Waals surface area contributed by atoms with Gasteiger partial charge in [-0.2, -0.15) is 4.31 Å². The molecule has 2 aromatic rings. The van der Waals surface area contributed by atoms with Crippen LogP contribution in [0.25, 0.3) is 10.9 Å². The number of amides is 1. The highest BCUT2D eigenvalue weighted by atomic mass is 32.2. The van der Waals surface area contributed by atoms with E-state index in [0.29, 0.717) is 31.1 Å². The minimum atomic E-state index is -3.72. The Morgan fingerprint density at radius 3 is 2.45 bits per heavy atom. The van der Waals surface area contributed by atoms with Crippen molar-refractivity contribution in [1.82, 2.24) is 14.2 Å². The van der Waals surface area contributed by atoms with Crippen LogP contribution in [-0.2, 0) is 17.1 Å². The van der Waals surface area contributed by atoms with E-state index in [1.165, 1.54) is 16.6 Å². The van der Waals surface area contributed by atoms with E-state index < -0.39 is 21.4 Å². The van der Waals surface area contributed by atoms with Gasteiger partial charge in [-0.05, 0) is 48.8 Å². The normalized spacial score (nSPS) is 20.3. The van der Waals surface area contributed by atoms with Crippen molar-refractivity contribution in [3.05, 3.63) is 40.2 Å². The molecule has 1 fully saturated rings. The van der Waals surface area contributed by atoms with Gasteiger partial charge in [0, 0.05) is 38.3 Å². The molecule has 0 unspecified atom stereocenters. The summed E-state index contributed by atoms with van der Waals surface area (Å²) in [7, 11) is -1.98. The largest absolute Gasteiger partial charge is 0.352 e. The molecule has 2 heterocycles. The number of aryl methyl sites for hydroxylation is 1. The smallest absolute Gasteiger partial charge is 0.256 e. The number of fused-ring (bicyclic) bond motifs is 1. The van der Waals surface area contributed by atoms with E-state index in [1.54, 1.807) is 23.7 Å². The summed E-state index contributed by atoms with van der Waals surface area (Å²) in [6, 6.07) is 4.60. The molecular formula is C23H33N3O4S. The van der Waals surface area contributed by atoms with E-state index >= 15 is 0 Å². The van der Waals surface area contributed by atoms with Crippen molar-refractivity contribution in [3.63, 3.8) is 0 Å². The van der Waals surface area contributed by atoms with Crippen LogP contribution in [0.3, 0.4) is 0 Å². The van der Waals surface area contributed by atoms with Gasteiger partial charge in [-0.3, -0.25) is 9.59 Å². The van der Waals surface area contributed by atoms with Crippen LogP contribution >= 0.6 is 0 Å². The molecule has 1 aromatic heterocycles. The van der Waals surface area contributed by atoms with Gasteiger partial charge in [-0.15, -0.1) is 0 Å². The molecule has 3 rings (SSSR count). The number of piperidine rings is 1. The molecule has 7 nitrogen and oxygen atoms in total. The fourth-order valence-corrected chi connectivity index (χ4v) is 6.02. The summed E-state index contributed by atoms with van der Waals surface area (Å²) in [6.07, 6.45) is 3.33. The second-order valence-electron chi connectivity index (χ2n) is 9.37. The SMILES string of the molecule is CC(C)CCNC(=O)c1cn(C)c2ccc(S(=O)(=O)N3C[C@@H](C)C[C@H](C)C3)cc2c1=O. The summed E-state index contributed by atoms with van der Waals surface area (Å²) >= 11 is 0. The predicted octanol–water partition coefficient (Wildman–Crippen LogP) is 2.98. The Morgan fingerprint density at radius 1 is 1.19 bits per heavy atom. The standard InChI is InChI=1S/C23H33N3O4S/c1-15(2)8-9-24-23(28)20-14-25(5)21-7-6-18(11-19(21)22(20)27)31(29,30)26-12-16(3)10-17(4)13-26/h6-7,11,14-17H,8-10,12-13H2,1-5H3,(H,24,28)/t16-,17-/m0/s1. The van der Waals surface area contributed by atoms with Gasteiger partial charge in [0.2, 0.25) is 15.5 Å². The van der Waals surface area contributed by atoms with Gasteiger partial charge < -0.3 is 9.88 Å². The lowest BCUT2D eigenvalue weighted by molar-refractivity contribution is 0.0950. The van der Waals surface area contributed by atoms with E-state index in [4.69, 9.17) is 0 Å². The van der Waals surface area contributed by atoms with Crippen LogP contribution in [-0.4, -0.2) is 42.8 Å². The monoisotopic (exact) mass is 447 g/mol. The lowest BCUT2D eigenvalue weighted by Gasteiger charge is -2.34. The Morgan fingerprint density at radius 2 is 1.84 bits per heavy atom. The van der Waals surface area contributed by atoms with E-state index in [1.807, 2.05) is 0 Å². The number of nitrogens with one attached hydrogen (secondary N) is 1. The van der Waals surface area contributed by atoms with E-state index in [2.05, 4.69) is 33.0 Å². The lowest BCUT2D eigenvalue weighted by atomic mass is 9.94. The van der Waals surface area contributed by atoms with Gasteiger partial charge in [0.15, 0.2) is 0 Å². The van der Waals surface area contributed by atoms with Crippen molar-refractivity contribution in [2.45, 2.75) is 45.4 Å². The minimum Gasteiger partial charge on any atom is -0.352 e. The molecule has 1 aromatic carbocycles. The first-order chi connectivity index (χ1) is 14.5. The summed E-state index contributed by atoms with van der Waals surface area (Å²) in [5.74, 6) is 0.573. The van der Waals surface area contributed by atoms with Crippen LogP contribution in [0.5, 0.6) is 0 Å². The molecule has 1 saturated heterocycles. The highest BCUT2D eigenvalue weighted by molar-refractivity contribution is 7.89. The number of hydrogen-bond donors (Lipinski definition) is 1. The van der Waals surface area contributed by atoms with Crippen molar-refractivity contribution >= 4 is 26.8 Å². The fourth-order valence-electron chi connectivity index (χ4n) is 4.31. The van der Waals surface area contributed by atoms with Crippen LogP contribution in [0, 0.1) is 17.8 Å². The molecule has 0 spiro atoms. The van der Waals surface area contributed by atoms with Crippen LogP contribution in [0.1, 0.15) is 50.9 Å². The number of hydrogen-bond acceptors (Lipinski definition) is 4. The van der Waals surface area contributed by atoms with Gasteiger partial charge >= 0.3 is 0 Å². The van der Waals surface area contributed by atoms with Gasteiger partial charge in [0.1, 0.15) is 5.56 Å². The zero-order chi connectivity index (χ0) is 22.9. The Kier molecular flexibility index (Phi) is 6.91. The Bertz CT molecular complexity index is 1130. The summed E-state index contributed by atoms with van der Waals surface area (Å²) in [6.45, 7) is 9.66. The van der Waals surface area contributed by atoms with Crippen molar-refractivity contribution < 1.29 is 13.2 Å². The maximum absolute atomic E-state index is 13.3. The molecule has 1 aliphatic rings. The van der Waals surface area contributed by atoms with Gasteiger partial charge in [-0.1, -0.05) is 27.7 Å². The molecule has 170 valence electrons. The molecule has 0 saturated carbocycles. The highest BCUT2D eigenvalue weighted by Gasteiger charge is 2.32. The topological polar surface area (TPSA) is 88.5 Å². The summed E-state index contributed by atoms with van der Waals surface area (Å²) in [5, 5.41) is 3.02. The number of nitrogens with zero attached hydrogens (tertiary/aromatic N) is 2.